The fraction of sp³-hybridized carbons (Fsp3) is 0.625. The highest BCUT2D eigenvalue weighted by Crippen LogP contribution is 2.33. The molecule has 2 aliphatic heterocycles. The lowest BCUT2D eigenvalue weighted by molar-refractivity contribution is 0.0368. The minimum absolute atomic E-state index is 0.370. The lowest BCUT2D eigenvalue weighted by atomic mass is 9.97. The number of fused-ring (bicyclic) bond motifs is 1. The number of hydrogen-bond donors (Lipinski definition) is 0. The number of sulfonamides is 1. The van der Waals surface area contributed by atoms with Crippen molar-refractivity contribution < 1.29 is 13.2 Å². The maximum absolute atomic E-state index is 12.3. The van der Waals surface area contributed by atoms with E-state index in [2.05, 4.69) is 29.5 Å². The lowest BCUT2D eigenvalue weighted by Gasteiger charge is -2.27. The summed E-state index contributed by atoms with van der Waals surface area (Å²) in [6.07, 6.45) is 3.86. The van der Waals surface area contributed by atoms with E-state index in [0.29, 0.717) is 25.4 Å². The van der Waals surface area contributed by atoms with Gasteiger partial charge in [-0.3, -0.25) is 9.58 Å². The van der Waals surface area contributed by atoms with Crippen LogP contribution in [0.4, 0.5) is 0 Å². The van der Waals surface area contributed by atoms with Crippen LogP contribution in [0.25, 0.3) is 11.3 Å². The summed E-state index contributed by atoms with van der Waals surface area (Å²) in [7, 11) is -3.26. The SMILES string of the molecule is CC(C)Cc1cc(-c2nn(CCCN3CCOCC3)c3c2CN(S(C)(=O)=O)CC3)ccc1Cl. The number of aromatic nitrogens is 2. The minimum Gasteiger partial charge on any atom is -0.379 e. The van der Waals surface area contributed by atoms with Crippen LogP contribution < -0.4 is 0 Å². The molecule has 0 bridgehead atoms. The van der Waals surface area contributed by atoms with Crippen LogP contribution in [-0.4, -0.2) is 73.1 Å². The van der Waals surface area contributed by atoms with E-state index in [9.17, 15) is 8.42 Å². The number of ether oxygens (including phenoxy) is 1. The Bertz CT molecular complexity index is 1080. The molecule has 33 heavy (non-hydrogen) atoms. The molecule has 0 saturated carbocycles. The normalized spacial score (nSPS) is 18.1. The van der Waals surface area contributed by atoms with E-state index >= 15 is 0 Å². The Hall–Kier alpha value is -1.45. The molecule has 7 nitrogen and oxygen atoms in total. The average Bonchev–Trinajstić information content (AvgIpc) is 3.13. The summed E-state index contributed by atoms with van der Waals surface area (Å²) in [5.74, 6) is 0.491. The molecule has 2 aliphatic rings. The molecular weight excluding hydrogens is 460 g/mol. The van der Waals surface area contributed by atoms with Gasteiger partial charge in [0.15, 0.2) is 0 Å². The maximum atomic E-state index is 12.3. The second-order valence-electron chi connectivity index (χ2n) is 9.56. The Labute approximate surface area is 202 Å². The van der Waals surface area contributed by atoms with Crippen LogP contribution in [-0.2, 0) is 40.7 Å². The van der Waals surface area contributed by atoms with Gasteiger partial charge in [0, 0.05) is 67.5 Å². The highest BCUT2D eigenvalue weighted by atomic mass is 35.5. The predicted octanol–water partition coefficient (Wildman–Crippen LogP) is 3.44. The molecule has 0 aliphatic carbocycles. The molecule has 1 saturated heterocycles. The number of benzene rings is 1. The molecule has 0 radical (unpaired) electrons. The standard InChI is InChI=1S/C24H35ClN4O3S/c1-18(2)15-20-16-19(5-6-22(20)25)24-21-17-28(33(3,30)31)10-7-23(21)29(26-24)9-4-8-27-11-13-32-14-12-27/h5-6,16,18H,4,7-15,17H2,1-3H3. The van der Waals surface area contributed by atoms with Crippen molar-refractivity contribution in [2.45, 2.75) is 46.2 Å². The van der Waals surface area contributed by atoms with Crippen LogP contribution in [0, 0.1) is 5.92 Å². The van der Waals surface area contributed by atoms with Gasteiger partial charge in [-0.05, 0) is 36.5 Å². The topological polar surface area (TPSA) is 67.7 Å². The number of morpholine rings is 1. The summed E-state index contributed by atoms with van der Waals surface area (Å²) in [4.78, 5) is 2.43. The van der Waals surface area contributed by atoms with Gasteiger partial charge in [0.05, 0.1) is 25.2 Å². The zero-order chi connectivity index (χ0) is 23.6. The van der Waals surface area contributed by atoms with E-state index in [1.807, 2.05) is 12.1 Å². The molecule has 0 amide bonds. The van der Waals surface area contributed by atoms with Gasteiger partial charge in [-0.1, -0.05) is 31.5 Å². The largest absolute Gasteiger partial charge is 0.379 e. The summed E-state index contributed by atoms with van der Waals surface area (Å²) >= 11 is 6.47. The average molecular weight is 495 g/mol. The number of hydrogen-bond acceptors (Lipinski definition) is 5. The molecule has 0 unspecified atom stereocenters. The van der Waals surface area contributed by atoms with Crippen LogP contribution in [0.1, 0.15) is 37.1 Å². The zero-order valence-electron chi connectivity index (χ0n) is 19.9. The first-order valence-corrected chi connectivity index (χ1v) is 14.1. The second kappa shape index (κ2) is 10.4. The molecule has 4 rings (SSSR count). The Morgan fingerprint density at radius 3 is 2.61 bits per heavy atom. The van der Waals surface area contributed by atoms with Crippen LogP contribution in [0.2, 0.25) is 5.02 Å². The van der Waals surface area contributed by atoms with Gasteiger partial charge >= 0.3 is 0 Å². The summed E-state index contributed by atoms with van der Waals surface area (Å²) in [6, 6.07) is 6.07. The molecule has 182 valence electrons. The van der Waals surface area contributed by atoms with E-state index in [4.69, 9.17) is 21.4 Å². The van der Waals surface area contributed by atoms with Gasteiger partial charge in [0.25, 0.3) is 0 Å². The van der Waals surface area contributed by atoms with Crippen molar-refractivity contribution in [3.63, 3.8) is 0 Å². The molecular formula is C24H35ClN4O3S. The molecule has 2 aromatic rings. The monoisotopic (exact) mass is 494 g/mol. The van der Waals surface area contributed by atoms with Crippen LogP contribution >= 0.6 is 11.6 Å². The van der Waals surface area contributed by atoms with Crippen molar-refractivity contribution in [2.24, 2.45) is 5.92 Å². The molecule has 1 aromatic carbocycles. The van der Waals surface area contributed by atoms with E-state index < -0.39 is 10.0 Å². The van der Waals surface area contributed by atoms with Crippen molar-refractivity contribution in [1.29, 1.82) is 0 Å². The van der Waals surface area contributed by atoms with Crippen molar-refractivity contribution in [2.75, 3.05) is 45.6 Å². The van der Waals surface area contributed by atoms with E-state index in [-0.39, 0.29) is 0 Å². The van der Waals surface area contributed by atoms with Gasteiger partial charge in [0.1, 0.15) is 0 Å². The van der Waals surface area contributed by atoms with Crippen LogP contribution in [0.5, 0.6) is 0 Å². The van der Waals surface area contributed by atoms with Gasteiger partial charge < -0.3 is 4.74 Å². The van der Waals surface area contributed by atoms with Crippen LogP contribution in [0.15, 0.2) is 18.2 Å². The number of rotatable bonds is 8. The van der Waals surface area contributed by atoms with Gasteiger partial charge in [-0.25, -0.2) is 8.42 Å². The second-order valence-corrected chi connectivity index (χ2v) is 11.9. The first-order valence-electron chi connectivity index (χ1n) is 11.8. The summed E-state index contributed by atoms with van der Waals surface area (Å²) in [6.45, 7) is 10.6. The first kappa shape index (κ1) is 24.7. The zero-order valence-corrected chi connectivity index (χ0v) is 21.5. The fourth-order valence-corrected chi connectivity index (χ4v) is 5.73. The molecule has 9 heteroatoms. The molecule has 1 fully saturated rings. The van der Waals surface area contributed by atoms with Gasteiger partial charge in [0.2, 0.25) is 10.0 Å². The number of nitrogens with zero attached hydrogens (tertiary/aromatic N) is 4. The Balaban J connectivity index is 1.63. The third-order valence-electron chi connectivity index (χ3n) is 6.46. The van der Waals surface area contributed by atoms with Gasteiger partial charge in [-0.15, -0.1) is 0 Å². The van der Waals surface area contributed by atoms with E-state index in [1.165, 1.54) is 6.26 Å². The third kappa shape index (κ3) is 5.98. The number of aryl methyl sites for hydroxylation is 1. The Morgan fingerprint density at radius 1 is 1.15 bits per heavy atom. The fourth-order valence-electron chi connectivity index (χ4n) is 4.75. The highest BCUT2D eigenvalue weighted by molar-refractivity contribution is 7.88. The lowest BCUT2D eigenvalue weighted by Crippen LogP contribution is -2.37. The molecule has 3 heterocycles. The summed E-state index contributed by atoms with van der Waals surface area (Å²) < 4.78 is 33.7. The Morgan fingerprint density at radius 2 is 1.91 bits per heavy atom. The maximum Gasteiger partial charge on any atom is 0.211 e. The molecule has 0 atom stereocenters. The predicted molar refractivity (Wildman–Crippen MR) is 132 cm³/mol. The summed E-state index contributed by atoms with van der Waals surface area (Å²) in [5.41, 5.74) is 5.18. The smallest absolute Gasteiger partial charge is 0.211 e. The highest BCUT2D eigenvalue weighted by Gasteiger charge is 2.30. The quantitative estimate of drug-likeness (QED) is 0.562. The first-order chi connectivity index (χ1) is 15.7. The van der Waals surface area contributed by atoms with Crippen LogP contribution in [0.3, 0.4) is 0 Å². The molecule has 1 aromatic heterocycles. The third-order valence-corrected chi connectivity index (χ3v) is 8.08. The van der Waals surface area contributed by atoms with Crippen molar-refractivity contribution in [3.05, 3.63) is 40.0 Å². The van der Waals surface area contributed by atoms with E-state index in [1.54, 1.807) is 4.31 Å². The molecule has 0 N–H and O–H groups in total. The Kier molecular flexibility index (Phi) is 7.80. The van der Waals surface area contributed by atoms with Crippen molar-refractivity contribution in [3.8, 4) is 11.3 Å². The number of halogens is 1. The minimum atomic E-state index is -3.26. The summed E-state index contributed by atoms with van der Waals surface area (Å²) in [5, 5.41) is 5.79. The van der Waals surface area contributed by atoms with Gasteiger partial charge in [-0.2, -0.15) is 9.40 Å². The van der Waals surface area contributed by atoms with Crippen molar-refractivity contribution >= 4 is 21.6 Å². The van der Waals surface area contributed by atoms with Crippen molar-refractivity contribution in [1.82, 2.24) is 19.0 Å². The molecule has 0 spiro atoms. The van der Waals surface area contributed by atoms with E-state index in [0.717, 1.165) is 85.3 Å².